The monoisotopic (exact) mass is 553 g/mol. The van der Waals surface area contributed by atoms with E-state index in [9.17, 15) is 19.2 Å². The lowest BCUT2D eigenvalue weighted by Gasteiger charge is -2.18. The van der Waals surface area contributed by atoms with E-state index in [-0.39, 0.29) is 22.9 Å². The van der Waals surface area contributed by atoms with Gasteiger partial charge in [-0.3, -0.25) is 19.7 Å². The molecule has 0 radical (unpaired) electrons. The third-order valence-corrected chi connectivity index (χ3v) is 7.20. The van der Waals surface area contributed by atoms with Crippen LogP contribution >= 0.6 is 0 Å². The van der Waals surface area contributed by atoms with Gasteiger partial charge < -0.3 is 19.1 Å². The molecule has 0 spiro atoms. The van der Waals surface area contributed by atoms with Crippen LogP contribution in [0.3, 0.4) is 0 Å². The van der Waals surface area contributed by atoms with Crippen molar-refractivity contribution >= 4 is 46.4 Å². The van der Waals surface area contributed by atoms with E-state index >= 15 is 0 Å². The van der Waals surface area contributed by atoms with E-state index in [4.69, 9.17) is 9.72 Å². The Hall–Kier alpha value is -4.99. The number of hydrogen-bond donors (Lipinski definition) is 1. The Morgan fingerprint density at radius 3 is 2.44 bits per heavy atom. The molecule has 210 valence electrons. The second-order valence-electron chi connectivity index (χ2n) is 9.85. The van der Waals surface area contributed by atoms with Crippen molar-refractivity contribution in [1.82, 2.24) is 14.5 Å². The zero-order valence-corrected chi connectivity index (χ0v) is 23.0. The van der Waals surface area contributed by atoms with E-state index in [1.165, 1.54) is 13.2 Å². The van der Waals surface area contributed by atoms with Gasteiger partial charge >= 0.3 is 5.97 Å². The minimum atomic E-state index is -0.537. The highest BCUT2D eigenvalue weighted by molar-refractivity contribution is 6.07. The molecule has 1 aliphatic heterocycles. The topological polar surface area (TPSA) is 114 Å². The molecule has 41 heavy (non-hydrogen) atoms. The maximum atomic E-state index is 13.2. The molecule has 1 saturated heterocycles. The number of rotatable bonds is 9. The fourth-order valence-electron chi connectivity index (χ4n) is 4.98. The number of ether oxygens (including phenoxy) is 1. The van der Waals surface area contributed by atoms with Crippen LogP contribution in [-0.4, -0.2) is 65.4 Å². The molecule has 3 amide bonds. The van der Waals surface area contributed by atoms with Crippen LogP contribution in [0.25, 0.3) is 11.0 Å². The van der Waals surface area contributed by atoms with Gasteiger partial charge in [-0.2, -0.15) is 0 Å². The second-order valence-corrected chi connectivity index (χ2v) is 9.85. The summed E-state index contributed by atoms with van der Waals surface area (Å²) in [5, 5.41) is 2.88. The van der Waals surface area contributed by atoms with Crippen molar-refractivity contribution in [2.45, 2.75) is 25.8 Å². The molecule has 10 nitrogen and oxygen atoms in total. The van der Waals surface area contributed by atoms with Crippen molar-refractivity contribution in [2.75, 3.05) is 37.5 Å². The maximum absolute atomic E-state index is 13.2. The molecule has 1 aromatic heterocycles. The van der Waals surface area contributed by atoms with Crippen LogP contribution in [0.1, 0.15) is 50.3 Å². The summed E-state index contributed by atoms with van der Waals surface area (Å²) in [5.41, 5.74) is 3.15. The largest absolute Gasteiger partial charge is 0.465 e. The number of carbonyl (C=O) groups is 4. The number of nitrogens with zero attached hydrogens (tertiary/aromatic N) is 4. The Labute approximate surface area is 237 Å². The van der Waals surface area contributed by atoms with Crippen molar-refractivity contribution in [1.29, 1.82) is 0 Å². The number of carbonyl (C=O) groups excluding carboxylic acids is 4. The van der Waals surface area contributed by atoms with Crippen molar-refractivity contribution in [3.63, 3.8) is 0 Å². The van der Waals surface area contributed by atoms with Gasteiger partial charge in [-0.25, -0.2) is 9.78 Å². The number of amides is 3. The minimum absolute atomic E-state index is 0.154. The third-order valence-electron chi connectivity index (χ3n) is 7.20. The molecular weight excluding hydrogens is 522 g/mol. The third kappa shape index (κ3) is 5.96. The number of nitrogens with one attached hydrogen (secondary N) is 1. The van der Waals surface area contributed by atoms with Crippen LogP contribution in [0.5, 0.6) is 0 Å². The first-order valence-corrected chi connectivity index (χ1v) is 13.5. The smallest absolute Gasteiger partial charge is 0.337 e. The van der Waals surface area contributed by atoms with Crippen molar-refractivity contribution < 1.29 is 23.9 Å². The molecule has 1 N–H and O–H groups in total. The van der Waals surface area contributed by atoms with Crippen LogP contribution in [-0.2, 0) is 16.1 Å². The number of hydrogen-bond acceptors (Lipinski definition) is 6. The quantitative estimate of drug-likeness (QED) is 0.308. The summed E-state index contributed by atoms with van der Waals surface area (Å²) < 4.78 is 6.68. The van der Waals surface area contributed by atoms with Gasteiger partial charge in [0.15, 0.2) is 0 Å². The molecule has 0 atom stereocenters. The Balaban J connectivity index is 1.44. The molecule has 0 aliphatic carbocycles. The summed E-state index contributed by atoms with van der Waals surface area (Å²) in [6, 6.07) is 20.8. The van der Waals surface area contributed by atoms with E-state index in [1.807, 2.05) is 45.9 Å². The van der Waals surface area contributed by atoms with E-state index in [2.05, 4.69) is 5.32 Å². The molecule has 4 aromatic rings. The Kier molecular flexibility index (Phi) is 8.09. The first kappa shape index (κ1) is 27.6. The molecule has 2 heterocycles. The molecule has 3 aromatic carbocycles. The highest BCUT2D eigenvalue weighted by atomic mass is 16.5. The molecule has 1 aliphatic rings. The van der Waals surface area contributed by atoms with Crippen LogP contribution in [0.15, 0.2) is 72.8 Å². The highest BCUT2D eigenvalue weighted by Crippen LogP contribution is 2.27. The van der Waals surface area contributed by atoms with Crippen LogP contribution < -0.4 is 10.2 Å². The van der Waals surface area contributed by atoms with E-state index in [0.29, 0.717) is 48.6 Å². The summed E-state index contributed by atoms with van der Waals surface area (Å²) in [7, 11) is 2.99. The molecule has 5 rings (SSSR count). The zero-order valence-electron chi connectivity index (χ0n) is 23.0. The van der Waals surface area contributed by atoms with Gasteiger partial charge in [0.1, 0.15) is 0 Å². The zero-order chi connectivity index (χ0) is 28.9. The maximum Gasteiger partial charge on any atom is 0.337 e. The summed E-state index contributed by atoms with van der Waals surface area (Å²) in [4.78, 5) is 58.4. The number of imidazole rings is 1. The van der Waals surface area contributed by atoms with Gasteiger partial charge in [0, 0.05) is 49.9 Å². The molecular formula is C31H31N5O5. The first-order valence-electron chi connectivity index (χ1n) is 13.5. The van der Waals surface area contributed by atoms with E-state index < -0.39 is 11.9 Å². The molecule has 0 unspecified atom stereocenters. The Morgan fingerprint density at radius 1 is 0.951 bits per heavy atom. The molecule has 10 heteroatoms. The number of anilines is 2. The summed E-state index contributed by atoms with van der Waals surface area (Å²) in [6.07, 6.45) is 2.13. The van der Waals surface area contributed by atoms with E-state index in [0.717, 1.165) is 18.5 Å². The van der Waals surface area contributed by atoms with Crippen molar-refractivity contribution in [3.05, 3.63) is 89.5 Å². The molecule has 0 saturated carbocycles. The fraction of sp³-hybridized carbons (Fsp3) is 0.258. The van der Waals surface area contributed by atoms with Crippen LogP contribution in [0.2, 0.25) is 0 Å². The average Bonchev–Trinajstić information content (AvgIpc) is 3.58. The number of esters is 1. The Bertz CT molecular complexity index is 1610. The fourth-order valence-corrected chi connectivity index (χ4v) is 4.98. The van der Waals surface area contributed by atoms with Crippen LogP contribution in [0, 0.1) is 0 Å². The SMILES string of the molecule is COC(=O)c1cccc(C(=O)Nc2nc3cc(N(C)C(=O)c4ccccc4)ccc3n2CCCN2CCCC2=O)c1. The number of aryl methyl sites for hydroxylation is 1. The van der Waals surface area contributed by atoms with Gasteiger partial charge in [0.2, 0.25) is 11.9 Å². The predicted molar refractivity (Wildman–Crippen MR) is 155 cm³/mol. The molecule has 0 bridgehead atoms. The minimum Gasteiger partial charge on any atom is -0.465 e. The van der Waals surface area contributed by atoms with E-state index in [1.54, 1.807) is 42.3 Å². The lowest BCUT2D eigenvalue weighted by molar-refractivity contribution is -0.127. The second kappa shape index (κ2) is 12.0. The number of aromatic nitrogens is 2. The Morgan fingerprint density at radius 2 is 1.71 bits per heavy atom. The highest BCUT2D eigenvalue weighted by Gasteiger charge is 2.21. The van der Waals surface area contributed by atoms with Gasteiger partial charge in [0.25, 0.3) is 11.8 Å². The number of fused-ring (bicyclic) bond motifs is 1. The van der Waals surface area contributed by atoms with Gasteiger partial charge in [-0.05, 0) is 61.4 Å². The molecule has 1 fully saturated rings. The normalized spacial score (nSPS) is 12.9. The summed E-state index contributed by atoms with van der Waals surface area (Å²) >= 11 is 0. The van der Waals surface area contributed by atoms with Gasteiger partial charge in [-0.1, -0.05) is 24.3 Å². The van der Waals surface area contributed by atoms with Crippen molar-refractivity contribution in [2.24, 2.45) is 0 Å². The van der Waals surface area contributed by atoms with Gasteiger partial charge in [-0.15, -0.1) is 0 Å². The number of benzene rings is 3. The summed E-state index contributed by atoms with van der Waals surface area (Å²) in [6.45, 7) is 1.88. The van der Waals surface area contributed by atoms with Gasteiger partial charge in [0.05, 0.1) is 23.7 Å². The predicted octanol–water partition coefficient (Wildman–Crippen LogP) is 4.36. The number of likely N-dealkylation sites (tertiary alicyclic amines) is 1. The average molecular weight is 554 g/mol. The summed E-state index contributed by atoms with van der Waals surface area (Å²) in [5.74, 6) is -0.631. The lowest BCUT2D eigenvalue weighted by atomic mass is 10.1. The number of methoxy groups -OCH3 is 1. The standard InChI is InChI=1S/C31H31N5O5/c1-34(29(39)21-9-4-3-5-10-21)24-14-15-26-25(20-24)32-31(36(26)18-8-17-35-16-7-13-27(35)37)33-28(38)22-11-6-12-23(19-22)30(40)41-2/h3-6,9-12,14-15,19-20H,7-8,13,16-18H2,1-2H3,(H,32,33,38). The van der Waals surface area contributed by atoms with Crippen LogP contribution in [0.4, 0.5) is 11.6 Å². The lowest BCUT2D eigenvalue weighted by Crippen LogP contribution is -2.26. The van der Waals surface area contributed by atoms with Crippen molar-refractivity contribution in [3.8, 4) is 0 Å². The first-order chi connectivity index (χ1) is 19.9.